The van der Waals surface area contributed by atoms with Gasteiger partial charge in [-0.05, 0) is 43.2 Å². The summed E-state index contributed by atoms with van der Waals surface area (Å²) in [4.78, 5) is 30.4. The smallest absolute Gasteiger partial charge is 0.308 e. The molecule has 1 aliphatic heterocycles. The van der Waals surface area contributed by atoms with Gasteiger partial charge in [0.25, 0.3) is 5.91 Å². The first-order valence-corrected chi connectivity index (χ1v) is 9.02. The van der Waals surface area contributed by atoms with Crippen LogP contribution in [0.25, 0.3) is 16.7 Å². The zero-order valence-corrected chi connectivity index (χ0v) is 15.3. The van der Waals surface area contributed by atoms with Crippen molar-refractivity contribution in [3.63, 3.8) is 0 Å². The highest BCUT2D eigenvalue weighted by Gasteiger charge is 2.37. The molecular formula is C21H21N3O3. The van der Waals surface area contributed by atoms with Gasteiger partial charge in [0.05, 0.1) is 17.0 Å². The molecule has 27 heavy (non-hydrogen) atoms. The van der Waals surface area contributed by atoms with Gasteiger partial charge in [0.2, 0.25) is 0 Å². The maximum absolute atomic E-state index is 12.9. The number of aryl methyl sites for hydroxylation is 1. The van der Waals surface area contributed by atoms with Gasteiger partial charge in [-0.15, -0.1) is 0 Å². The third-order valence-electron chi connectivity index (χ3n) is 5.30. The average molecular weight is 363 g/mol. The Balaban J connectivity index is 1.67. The molecule has 1 N–H and O–H groups in total. The van der Waals surface area contributed by atoms with Crippen molar-refractivity contribution in [1.82, 2.24) is 14.5 Å². The first-order valence-electron chi connectivity index (χ1n) is 9.02. The number of rotatable bonds is 3. The van der Waals surface area contributed by atoms with Crippen molar-refractivity contribution in [1.29, 1.82) is 0 Å². The fourth-order valence-electron chi connectivity index (χ4n) is 3.87. The van der Waals surface area contributed by atoms with Crippen LogP contribution in [0.15, 0.2) is 48.5 Å². The molecule has 6 heteroatoms. The molecular weight excluding hydrogens is 342 g/mol. The van der Waals surface area contributed by atoms with Crippen LogP contribution in [0.2, 0.25) is 0 Å². The SMILES string of the molecule is Cc1nc2cc(C(=O)N3C[C@@H](C)[C@H](C(=O)O)C3)ccc2n1-c1ccccc1. The minimum atomic E-state index is -0.842. The zero-order chi connectivity index (χ0) is 19.1. The second-order valence-corrected chi connectivity index (χ2v) is 7.17. The number of hydrogen-bond donors (Lipinski definition) is 1. The van der Waals surface area contributed by atoms with Gasteiger partial charge in [-0.2, -0.15) is 0 Å². The van der Waals surface area contributed by atoms with Gasteiger partial charge in [0.15, 0.2) is 0 Å². The van der Waals surface area contributed by atoms with E-state index >= 15 is 0 Å². The normalized spacial score (nSPS) is 19.6. The summed E-state index contributed by atoms with van der Waals surface area (Å²) in [6, 6.07) is 15.5. The number of aromatic nitrogens is 2. The summed E-state index contributed by atoms with van der Waals surface area (Å²) < 4.78 is 2.06. The van der Waals surface area contributed by atoms with E-state index in [1.54, 1.807) is 17.0 Å². The van der Waals surface area contributed by atoms with E-state index in [-0.39, 0.29) is 18.4 Å². The Morgan fingerprint density at radius 1 is 1.11 bits per heavy atom. The molecule has 138 valence electrons. The summed E-state index contributed by atoms with van der Waals surface area (Å²) in [5, 5.41) is 9.29. The fourth-order valence-corrected chi connectivity index (χ4v) is 3.87. The lowest BCUT2D eigenvalue weighted by Gasteiger charge is -2.16. The number of carbonyl (C=O) groups excluding carboxylic acids is 1. The number of likely N-dealkylation sites (tertiary alicyclic amines) is 1. The van der Waals surface area contributed by atoms with Gasteiger partial charge in [0, 0.05) is 24.3 Å². The second kappa shape index (κ2) is 6.54. The predicted octanol–water partition coefficient (Wildman–Crippen LogP) is 3.13. The van der Waals surface area contributed by atoms with Crippen molar-refractivity contribution in [2.75, 3.05) is 13.1 Å². The summed E-state index contributed by atoms with van der Waals surface area (Å²) in [6.45, 7) is 4.53. The molecule has 0 saturated carbocycles. The summed E-state index contributed by atoms with van der Waals surface area (Å²) in [6.07, 6.45) is 0. The molecule has 0 unspecified atom stereocenters. The minimum Gasteiger partial charge on any atom is -0.481 e. The van der Waals surface area contributed by atoms with Crippen LogP contribution in [-0.2, 0) is 4.79 Å². The number of para-hydroxylation sites is 1. The summed E-state index contributed by atoms with van der Waals surface area (Å²) in [5.74, 6) is -0.682. The molecule has 0 aliphatic carbocycles. The van der Waals surface area contributed by atoms with Gasteiger partial charge in [0.1, 0.15) is 5.82 Å². The Labute approximate surface area is 157 Å². The van der Waals surface area contributed by atoms with Gasteiger partial charge in [-0.3, -0.25) is 14.2 Å². The van der Waals surface area contributed by atoms with Crippen LogP contribution >= 0.6 is 0 Å². The third kappa shape index (κ3) is 2.97. The largest absolute Gasteiger partial charge is 0.481 e. The number of imidazole rings is 1. The lowest BCUT2D eigenvalue weighted by Crippen LogP contribution is -2.29. The van der Waals surface area contributed by atoms with Gasteiger partial charge >= 0.3 is 5.97 Å². The van der Waals surface area contributed by atoms with E-state index < -0.39 is 11.9 Å². The van der Waals surface area contributed by atoms with E-state index in [4.69, 9.17) is 0 Å². The highest BCUT2D eigenvalue weighted by Crippen LogP contribution is 2.27. The minimum absolute atomic E-state index is 0.0466. The van der Waals surface area contributed by atoms with Crippen molar-refractivity contribution in [3.05, 3.63) is 59.9 Å². The first-order chi connectivity index (χ1) is 13.0. The molecule has 0 radical (unpaired) electrons. The molecule has 1 aliphatic rings. The predicted molar refractivity (Wildman–Crippen MR) is 102 cm³/mol. The Bertz CT molecular complexity index is 1030. The third-order valence-corrected chi connectivity index (χ3v) is 5.30. The highest BCUT2D eigenvalue weighted by atomic mass is 16.4. The number of hydrogen-bond acceptors (Lipinski definition) is 3. The highest BCUT2D eigenvalue weighted by molar-refractivity contribution is 5.98. The summed E-state index contributed by atoms with van der Waals surface area (Å²) >= 11 is 0. The molecule has 1 fully saturated rings. The summed E-state index contributed by atoms with van der Waals surface area (Å²) in [7, 11) is 0. The molecule has 1 amide bonds. The van der Waals surface area contributed by atoms with Crippen LogP contribution in [0.3, 0.4) is 0 Å². The van der Waals surface area contributed by atoms with E-state index in [0.29, 0.717) is 12.1 Å². The fraction of sp³-hybridized carbons (Fsp3) is 0.286. The Kier molecular flexibility index (Phi) is 4.18. The van der Waals surface area contributed by atoms with Crippen LogP contribution in [0.1, 0.15) is 23.1 Å². The van der Waals surface area contributed by atoms with E-state index in [9.17, 15) is 14.7 Å². The standard InChI is InChI=1S/C21H21N3O3/c1-13-11-23(12-17(13)21(26)27)20(25)15-8-9-19-18(10-15)22-14(2)24(19)16-6-4-3-5-7-16/h3-10,13,17H,11-12H2,1-2H3,(H,26,27)/t13-,17-/m1/s1. The lowest BCUT2D eigenvalue weighted by molar-refractivity contribution is -0.142. The molecule has 6 nitrogen and oxygen atoms in total. The quantitative estimate of drug-likeness (QED) is 0.776. The van der Waals surface area contributed by atoms with E-state index in [1.165, 1.54) is 0 Å². The Hall–Kier alpha value is -3.15. The Morgan fingerprint density at radius 3 is 2.52 bits per heavy atom. The van der Waals surface area contributed by atoms with E-state index in [1.807, 2.05) is 50.2 Å². The molecule has 0 bridgehead atoms. The van der Waals surface area contributed by atoms with Gasteiger partial charge in [-0.1, -0.05) is 25.1 Å². The van der Waals surface area contributed by atoms with Gasteiger partial charge in [-0.25, -0.2) is 4.98 Å². The molecule has 0 spiro atoms. The molecule has 2 heterocycles. The second-order valence-electron chi connectivity index (χ2n) is 7.17. The maximum atomic E-state index is 12.9. The molecule has 2 atom stereocenters. The van der Waals surface area contributed by atoms with Crippen molar-refractivity contribution >= 4 is 22.9 Å². The molecule has 1 aromatic heterocycles. The van der Waals surface area contributed by atoms with Crippen LogP contribution in [0.4, 0.5) is 0 Å². The number of carboxylic acid groups (broad SMARTS) is 1. The number of benzene rings is 2. The molecule has 1 saturated heterocycles. The van der Waals surface area contributed by atoms with Crippen molar-refractivity contribution < 1.29 is 14.7 Å². The lowest BCUT2D eigenvalue weighted by atomic mass is 9.99. The van der Waals surface area contributed by atoms with Crippen molar-refractivity contribution in [2.24, 2.45) is 11.8 Å². The monoisotopic (exact) mass is 363 g/mol. The van der Waals surface area contributed by atoms with Crippen LogP contribution in [-0.4, -0.2) is 44.5 Å². The van der Waals surface area contributed by atoms with Gasteiger partial charge < -0.3 is 10.0 Å². The van der Waals surface area contributed by atoms with Crippen LogP contribution in [0.5, 0.6) is 0 Å². The molecule has 4 rings (SSSR count). The first kappa shape index (κ1) is 17.3. The maximum Gasteiger partial charge on any atom is 0.308 e. The number of fused-ring (bicyclic) bond motifs is 1. The van der Waals surface area contributed by atoms with Crippen molar-refractivity contribution in [3.8, 4) is 5.69 Å². The zero-order valence-electron chi connectivity index (χ0n) is 15.3. The Morgan fingerprint density at radius 2 is 1.85 bits per heavy atom. The van der Waals surface area contributed by atoms with Crippen LogP contribution < -0.4 is 0 Å². The number of carbonyl (C=O) groups is 2. The summed E-state index contributed by atoms with van der Waals surface area (Å²) in [5.41, 5.74) is 3.25. The van der Waals surface area contributed by atoms with Crippen molar-refractivity contribution in [2.45, 2.75) is 13.8 Å². The number of aliphatic carboxylic acids is 1. The van der Waals surface area contributed by atoms with E-state index in [0.717, 1.165) is 22.5 Å². The van der Waals surface area contributed by atoms with E-state index in [2.05, 4.69) is 9.55 Å². The van der Waals surface area contributed by atoms with Crippen LogP contribution in [0, 0.1) is 18.8 Å². The molecule has 3 aromatic rings. The number of nitrogens with zero attached hydrogens (tertiary/aromatic N) is 3. The average Bonchev–Trinajstić information content (AvgIpc) is 3.20. The number of carboxylic acids is 1. The molecule has 2 aromatic carbocycles. The number of amides is 1. The topological polar surface area (TPSA) is 75.4 Å².